The highest BCUT2D eigenvalue weighted by molar-refractivity contribution is 7.14. The molecule has 3 heterocycles. The number of nitrogens with zero attached hydrogens (tertiary/aromatic N) is 3. The summed E-state index contributed by atoms with van der Waals surface area (Å²) in [6.45, 7) is 9.64. The first-order valence-corrected chi connectivity index (χ1v) is 9.87. The van der Waals surface area contributed by atoms with Crippen molar-refractivity contribution in [1.29, 1.82) is 0 Å². The minimum Gasteiger partial charge on any atom is -0.618 e. The van der Waals surface area contributed by atoms with Gasteiger partial charge in [-0.2, -0.15) is 4.73 Å². The van der Waals surface area contributed by atoms with Gasteiger partial charge in [-0.25, -0.2) is 4.98 Å². The van der Waals surface area contributed by atoms with Crippen molar-refractivity contribution in [2.75, 3.05) is 5.32 Å². The van der Waals surface area contributed by atoms with E-state index in [1.54, 1.807) is 12.1 Å². The molecule has 27 heavy (non-hydrogen) atoms. The summed E-state index contributed by atoms with van der Waals surface area (Å²) in [6.07, 6.45) is 2.43. The van der Waals surface area contributed by atoms with Gasteiger partial charge in [-0.05, 0) is 38.3 Å². The summed E-state index contributed by atoms with van der Waals surface area (Å²) < 4.78 is 2.86. The molecule has 0 fully saturated rings. The third-order valence-electron chi connectivity index (χ3n) is 4.56. The average Bonchev–Trinajstić information content (AvgIpc) is 3.18. The van der Waals surface area contributed by atoms with Crippen molar-refractivity contribution < 1.29 is 9.52 Å². The number of carbonyl (C=O) groups excluding carboxylic acids is 1. The highest BCUT2D eigenvalue weighted by Gasteiger charge is 2.18. The molecule has 3 aromatic heterocycles. The Morgan fingerprint density at radius 2 is 2.15 bits per heavy atom. The molecule has 0 atom stereocenters. The summed E-state index contributed by atoms with van der Waals surface area (Å²) in [5.41, 5.74) is 4.34. The molecule has 1 amide bonds. The van der Waals surface area contributed by atoms with Crippen LogP contribution in [0.1, 0.15) is 42.1 Å². The lowest BCUT2D eigenvalue weighted by Crippen LogP contribution is -2.36. The van der Waals surface area contributed by atoms with Gasteiger partial charge in [0.1, 0.15) is 0 Å². The van der Waals surface area contributed by atoms with Crippen molar-refractivity contribution in [2.24, 2.45) is 5.92 Å². The van der Waals surface area contributed by atoms with E-state index in [0.29, 0.717) is 15.8 Å². The van der Waals surface area contributed by atoms with Gasteiger partial charge in [0.25, 0.3) is 5.69 Å². The van der Waals surface area contributed by atoms with Crippen LogP contribution in [-0.2, 0) is 6.54 Å². The number of carbonyl (C=O) groups is 1. The van der Waals surface area contributed by atoms with E-state index in [1.807, 2.05) is 5.38 Å². The van der Waals surface area contributed by atoms with E-state index in [0.717, 1.165) is 24.2 Å². The molecule has 0 aliphatic carbocycles. The van der Waals surface area contributed by atoms with Crippen molar-refractivity contribution in [1.82, 2.24) is 9.55 Å². The van der Waals surface area contributed by atoms with Crippen molar-refractivity contribution in [3.05, 3.63) is 58.1 Å². The molecule has 6 nitrogen and oxygen atoms in total. The molecule has 1 N–H and O–H groups in total. The molecule has 0 saturated carbocycles. The summed E-state index contributed by atoms with van der Waals surface area (Å²) >= 11 is 1.35. The second kappa shape index (κ2) is 7.92. The van der Waals surface area contributed by atoms with E-state index in [2.05, 4.69) is 48.6 Å². The van der Waals surface area contributed by atoms with Crippen LogP contribution in [0.25, 0.3) is 11.3 Å². The van der Waals surface area contributed by atoms with Gasteiger partial charge in [0.15, 0.2) is 11.3 Å². The molecule has 0 aromatic carbocycles. The summed E-state index contributed by atoms with van der Waals surface area (Å²) in [5, 5.41) is 16.8. The second-order valence-corrected chi connectivity index (χ2v) is 7.88. The molecular formula is C20H24N4O2S. The Kier molecular flexibility index (Phi) is 5.60. The lowest BCUT2D eigenvalue weighted by molar-refractivity contribution is -0.607. The Bertz CT molecular complexity index is 959. The molecule has 0 aliphatic heterocycles. The lowest BCUT2D eigenvalue weighted by Gasteiger charge is -2.11. The van der Waals surface area contributed by atoms with Gasteiger partial charge in [0.2, 0.25) is 0 Å². The summed E-state index contributed by atoms with van der Waals surface area (Å²) in [6, 6.07) is 6.86. The van der Waals surface area contributed by atoms with Gasteiger partial charge in [-0.15, -0.1) is 11.3 Å². The third kappa shape index (κ3) is 4.19. The highest BCUT2D eigenvalue weighted by atomic mass is 32.1. The molecule has 142 valence electrons. The number of aromatic nitrogens is 3. The quantitative estimate of drug-likeness (QED) is 0.512. The van der Waals surface area contributed by atoms with E-state index >= 15 is 0 Å². The van der Waals surface area contributed by atoms with E-state index in [9.17, 15) is 10.0 Å². The Balaban J connectivity index is 1.79. The largest absolute Gasteiger partial charge is 0.618 e. The first kappa shape index (κ1) is 19.1. The fourth-order valence-electron chi connectivity index (χ4n) is 3.01. The number of amides is 1. The predicted octanol–water partition coefficient (Wildman–Crippen LogP) is 4.16. The number of hydrogen-bond acceptors (Lipinski definition) is 4. The number of anilines is 1. The summed E-state index contributed by atoms with van der Waals surface area (Å²) in [7, 11) is 0. The molecule has 0 radical (unpaired) electrons. The van der Waals surface area contributed by atoms with Crippen molar-refractivity contribution in [3.63, 3.8) is 0 Å². The average molecular weight is 385 g/mol. The SMILES string of the molecule is Cc1cc(-c2csc(NC(=O)c3cccc[n+]3[O-])n2)c(C)n1CCC(C)C. The maximum Gasteiger partial charge on any atom is 0.323 e. The molecule has 0 unspecified atom stereocenters. The van der Waals surface area contributed by atoms with Crippen LogP contribution in [-0.4, -0.2) is 15.5 Å². The van der Waals surface area contributed by atoms with Gasteiger partial charge >= 0.3 is 5.91 Å². The number of nitrogens with one attached hydrogen (secondary N) is 1. The standard InChI is InChI=1S/C20H24N4O2S/c1-13(2)8-10-23-14(3)11-16(15(23)4)17-12-27-20(21-17)22-19(25)18-7-5-6-9-24(18)26/h5-7,9,11-13H,8,10H2,1-4H3,(H,21,22,25). The maximum absolute atomic E-state index is 12.3. The molecule has 0 bridgehead atoms. The first-order chi connectivity index (χ1) is 12.9. The zero-order chi connectivity index (χ0) is 19.6. The Labute approximate surface area is 163 Å². The Hall–Kier alpha value is -2.67. The van der Waals surface area contributed by atoms with Crippen LogP contribution in [0.15, 0.2) is 35.8 Å². The van der Waals surface area contributed by atoms with Crippen molar-refractivity contribution in [3.8, 4) is 11.3 Å². The minimum atomic E-state index is -0.464. The number of thiazole rings is 1. The molecule has 0 aliphatic rings. The zero-order valence-corrected chi connectivity index (χ0v) is 16.8. The summed E-state index contributed by atoms with van der Waals surface area (Å²) in [5.74, 6) is 0.186. The van der Waals surface area contributed by atoms with Gasteiger partial charge in [-0.3, -0.25) is 10.1 Å². The smallest absolute Gasteiger partial charge is 0.323 e. The van der Waals surface area contributed by atoms with Crippen LogP contribution in [0.3, 0.4) is 0 Å². The lowest BCUT2D eigenvalue weighted by atomic mass is 10.1. The minimum absolute atomic E-state index is 0.0427. The molecule has 7 heteroatoms. The van der Waals surface area contributed by atoms with E-state index < -0.39 is 5.91 Å². The van der Waals surface area contributed by atoms with Crippen LogP contribution in [0.4, 0.5) is 5.13 Å². The number of aryl methyl sites for hydroxylation is 1. The molecule has 3 aromatic rings. The van der Waals surface area contributed by atoms with Crippen LogP contribution < -0.4 is 10.0 Å². The van der Waals surface area contributed by atoms with Gasteiger partial charge in [0, 0.05) is 41.0 Å². The van der Waals surface area contributed by atoms with Gasteiger partial charge < -0.3 is 9.77 Å². The van der Waals surface area contributed by atoms with Crippen LogP contribution in [0.2, 0.25) is 0 Å². The zero-order valence-electron chi connectivity index (χ0n) is 16.0. The fraction of sp³-hybridized carbons (Fsp3) is 0.350. The molecular weight excluding hydrogens is 360 g/mol. The monoisotopic (exact) mass is 384 g/mol. The molecule has 0 saturated heterocycles. The van der Waals surface area contributed by atoms with E-state index in [1.165, 1.54) is 35.0 Å². The van der Waals surface area contributed by atoms with E-state index in [-0.39, 0.29) is 5.69 Å². The van der Waals surface area contributed by atoms with Gasteiger partial charge in [0.05, 0.1) is 5.69 Å². The number of pyridine rings is 1. The topological polar surface area (TPSA) is 73.9 Å². The Morgan fingerprint density at radius 1 is 1.37 bits per heavy atom. The number of hydrogen-bond donors (Lipinski definition) is 1. The molecule has 0 spiro atoms. The first-order valence-electron chi connectivity index (χ1n) is 8.99. The highest BCUT2D eigenvalue weighted by Crippen LogP contribution is 2.30. The van der Waals surface area contributed by atoms with Crippen LogP contribution in [0, 0.1) is 25.0 Å². The third-order valence-corrected chi connectivity index (χ3v) is 5.32. The van der Waals surface area contributed by atoms with Crippen LogP contribution >= 0.6 is 11.3 Å². The maximum atomic E-state index is 12.3. The van der Waals surface area contributed by atoms with E-state index in [4.69, 9.17) is 0 Å². The normalized spacial score (nSPS) is 11.1. The predicted molar refractivity (Wildman–Crippen MR) is 108 cm³/mol. The fourth-order valence-corrected chi connectivity index (χ4v) is 3.72. The second-order valence-electron chi connectivity index (χ2n) is 7.02. The molecule has 3 rings (SSSR count). The summed E-state index contributed by atoms with van der Waals surface area (Å²) in [4.78, 5) is 16.8. The Morgan fingerprint density at radius 3 is 2.85 bits per heavy atom. The van der Waals surface area contributed by atoms with Crippen molar-refractivity contribution >= 4 is 22.4 Å². The number of rotatable bonds is 6. The van der Waals surface area contributed by atoms with Crippen molar-refractivity contribution in [2.45, 2.75) is 40.7 Å². The van der Waals surface area contributed by atoms with Gasteiger partial charge in [-0.1, -0.05) is 13.8 Å². The van der Waals surface area contributed by atoms with Crippen LogP contribution in [0.5, 0.6) is 0 Å².